The van der Waals surface area contributed by atoms with Crippen LogP contribution in [0.4, 0.5) is 5.69 Å². The molecule has 0 bridgehead atoms. The maximum atomic E-state index is 12.7. The minimum atomic E-state index is -0.903. The average Bonchev–Trinajstić information content (AvgIpc) is 2.75. The number of aliphatic hydroxyl groups is 1. The maximum absolute atomic E-state index is 12.7. The van der Waals surface area contributed by atoms with E-state index in [2.05, 4.69) is 12.2 Å². The van der Waals surface area contributed by atoms with E-state index in [0.717, 1.165) is 24.2 Å². The fraction of sp³-hybridized carbons (Fsp3) is 0.208. The number of amides is 1. The number of rotatable bonds is 8. The molecule has 29 heavy (non-hydrogen) atoms. The fourth-order valence-corrected chi connectivity index (χ4v) is 3.10. The molecule has 0 heterocycles. The van der Waals surface area contributed by atoms with Gasteiger partial charge in [0.25, 0.3) is 5.91 Å². The predicted octanol–water partition coefficient (Wildman–Crippen LogP) is 5.85. The minimum absolute atomic E-state index is 0.269. The molecule has 0 aliphatic carbocycles. The van der Waals surface area contributed by atoms with Crippen LogP contribution in [0.15, 0.2) is 72.8 Å². The van der Waals surface area contributed by atoms with E-state index in [1.165, 1.54) is 0 Å². The monoisotopic (exact) mass is 409 g/mol. The lowest BCUT2D eigenvalue weighted by Crippen LogP contribution is -2.14. The molecule has 4 nitrogen and oxygen atoms in total. The Balaban J connectivity index is 1.77. The van der Waals surface area contributed by atoms with Crippen molar-refractivity contribution in [2.75, 3.05) is 11.9 Å². The summed E-state index contributed by atoms with van der Waals surface area (Å²) in [4.78, 5) is 12.7. The molecular formula is C24H24ClNO3. The quantitative estimate of drug-likeness (QED) is 0.458. The van der Waals surface area contributed by atoms with Crippen molar-refractivity contribution in [2.24, 2.45) is 0 Å². The van der Waals surface area contributed by atoms with Crippen LogP contribution in [0.25, 0.3) is 0 Å². The molecule has 0 radical (unpaired) electrons. The number of unbranched alkanes of at least 4 members (excludes halogenated alkanes) is 1. The summed E-state index contributed by atoms with van der Waals surface area (Å²) < 4.78 is 5.63. The van der Waals surface area contributed by atoms with Crippen molar-refractivity contribution in [1.29, 1.82) is 0 Å². The van der Waals surface area contributed by atoms with E-state index in [1.807, 2.05) is 30.3 Å². The van der Waals surface area contributed by atoms with Gasteiger partial charge in [0.1, 0.15) is 11.9 Å². The molecule has 3 aromatic rings. The van der Waals surface area contributed by atoms with Gasteiger partial charge in [-0.25, -0.2) is 0 Å². The second-order valence-electron chi connectivity index (χ2n) is 6.73. The summed E-state index contributed by atoms with van der Waals surface area (Å²) in [6, 6.07) is 21.3. The summed E-state index contributed by atoms with van der Waals surface area (Å²) >= 11 is 6.13. The number of ether oxygens (including phenoxy) is 1. The standard InChI is InChI=1S/C24H24ClNO3/c1-2-3-15-29-20-12-9-18(10-13-20)24(28)26-22-14-11-19(25)16-21(22)23(27)17-7-5-4-6-8-17/h4-14,16,23,27H,2-3,15H2,1H3,(H,26,28)/t23-/m1/s1. The Morgan fingerprint density at radius 1 is 1.07 bits per heavy atom. The van der Waals surface area contributed by atoms with Crippen LogP contribution in [0.1, 0.15) is 47.4 Å². The van der Waals surface area contributed by atoms with Gasteiger partial charge in [-0.3, -0.25) is 4.79 Å². The van der Waals surface area contributed by atoms with Gasteiger partial charge in [-0.1, -0.05) is 55.3 Å². The summed E-state index contributed by atoms with van der Waals surface area (Å²) in [5.41, 5.74) is 2.28. The highest BCUT2D eigenvalue weighted by Crippen LogP contribution is 2.31. The van der Waals surface area contributed by atoms with Gasteiger partial charge in [0, 0.05) is 21.8 Å². The molecule has 1 amide bonds. The summed E-state index contributed by atoms with van der Waals surface area (Å²) in [7, 11) is 0. The maximum Gasteiger partial charge on any atom is 0.255 e. The van der Waals surface area contributed by atoms with E-state index in [0.29, 0.717) is 28.4 Å². The van der Waals surface area contributed by atoms with Gasteiger partial charge in [0.15, 0.2) is 0 Å². The first-order valence-corrected chi connectivity index (χ1v) is 10.0. The summed E-state index contributed by atoms with van der Waals surface area (Å²) in [6.07, 6.45) is 1.16. The lowest BCUT2D eigenvalue weighted by molar-refractivity contribution is 0.102. The Bertz CT molecular complexity index is 942. The van der Waals surface area contributed by atoms with Crippen molar-refractivity contribution in [2.45, 2.75) is 25.9 Å². The average molecular weight is 410 g/mol. The van der Waals surface area contributed by atoms with Gasteiger partial charge in [-0.05, 0) is 54.4 Å². The molecule has 3 rings (SSSR count). The van der Waals surface area contributed by atoms with Gasteiger partial charge in [-0.15, -0.1) is 0 Å². The molecule has 0 unspecified atom stereocenters. The molecule has 0 saturated carbocycles. The zero-order chi connectivity index (χ0) is 20.6. The molecule has 0 aliphatic heterocycles. The van der Waals surface area contributed by atoms with Crippen molar-refractivity contribution in [1.82, 2.24) is 0 Å². The third kappa shape index (κ3) is 5.59. The van der Waals surface area contributed by atoms with Crippen LogP contribution in [0.5, 0.6) is 5.75 Å². The number of benzene rings is 3. The lowest BCUT2D eigenvalue weighted by Gasteiger charge is -2.17. The van der Waals surface area contributed by atoms with E-state index in [1.54, 1.807) is 42.5 Å². The van der Waals surface area contributed by atoms with E-state index in [-0.39, 0.29) is 5.91 Å². The van der Waals surface area contributed by atoms with Crippen LogP contribution < -0.4 is 10.1 Å². The number of aliphatic hydroxyl groups excluding tert-OH is 1. The molecule has 0 fully saturated rings. The number of hydrogen-bond donors (Lipinski definition) is 2. The number of carbonyl (C=O) groups is 1. The number of anilines is 1. The smallest absolute Gasteiger partial charge is 0.255 e. The van der Waals surface area contributed by atoms with Crippen LogP contribution in [-0.4, -0.2) is 17.6 Å². The first-order valence-electron chi connectivity index (χ1n) is 9.65. The minimum Gasteiger partial charge on any atom is -0.494 e. The third-order valence-corrected chi connectivity index (χ3v) is 4.79. The fourth-order valence-electron chi connectivity index (χ4n) is 2.92. The first kappa shape index (κ1) is 20.9. The highest BCUT2D eigenvalue weighted by molar-refractivity contribution is 6.30. The van der Waals surface area contributed by atoms with Crippen LogP contribution in [-0.2, 0) is 0 Å². The second kappa shape index (κ2) is 10.1. The molecular weight excluding hydrogens is 386 g/mol. The van der Waals surface area contributed by atoms with Crippen molar-refractivity contribution in [3.8, 4) is 5.75 Å². The summed E-state index contributed by atoms with van der Waals surface area (Å²) in [5, 5.41) is 14.2. The van der Waals surface area contributed by atoms with Crippen molar-refractivity contribution in [3.63, 3.8) is 0 Å². The Labute approximate surface area is 176 Å². The molecule has 2 N–H and O–H groups in total. The lowest BCUT2D eigenvalue weighted by atomic mass is 9.99. The van der Waals surface area contributed by atoms with Crippen LogP contribution in [0, 0.1) is 0 Å². The van der Waals surface area contributed by atoms with Gasteiger partial charge in [0.2, 0.25) is 0 Å². The Hall–Kier alpha value is -2.82. The van der Waals surface area contributed by atoms with Crippen LogP contribution in [0.3, 0.4) is 0 Å². The number of hydrogen-bond acceptors (Lipinski definition) is 3. The first-order chi connectivity index (χ1) is 14.1. The molecule has 5 heteroatoms. The number of carbonyl (C=O) groups excluding carboxylic acids is 1. The van der Waals surface area contributed by atoms with Gasteiger partial charge in [-0.2, -0.15) is 0 Å². The highest BCUT2D eigenvalue weighted by atomic mass is 35.5. The molecule has 1 atom stereocenters. The van der Waals surface area contributed by atoms with Crippen LogP contribution in [0.2, 0.25) is 5.02 Å². The van der Waals surface area contributed by atoms with Gasteiger partial charge >= 0.3 is 0 Å². The number of nitrogens with one attached hydrogen (secondary N) is 1. The van der Waals surface area contributed by atoms with Gasteiger partial charge in [0.05, 0.1) is 6.61 Å². The molecule has 0 spiro atoms. The second-order valence-corrected chi connectivity index (χ2v) is 7.16. The van der Waals surface area contributed by atoms with Gasteiger partial charge < -0.3 is 15.2 Å². The third-order valence-electron chi connectivity index (χ3n) is 4.55. The Morgan fingerprint density at radius 3 is 2.48 bits per heavy atom. The summed E-state index contributed by atoms with van der Waals surface area (Å²) in [6.45, 7) is 2.77. The molecule has 3 aromatic carbocycles. The predicted molar refractivity (Wildman–Crippen MR) is 117 cm³/mol. The SMILES string of the molecule is CCCCOc1ccc(C(=O)Nc2ccc(Cl)cc2[C@H](O)c2ccccc2)cc1. The molecule has 0 saturated heterocycles. The van der Waals surface area contributed by atoms with Crippen molar-refractivity contribution >= 4 is 23.2 Å². The highest BCUT2D eigenvalue weighted by Gasteiger charge is 2.17. The summed E-state index contributed by atoms with van der Waals surface area (Å²) in [5.74, 6) is 0.468. The van der Waals surface area contributed by atoms with E-state index in [9.17, 15) is 9.90 Å². The largest absolute Gasteiger partial charge is 0.494 e. The normalized spacial score (nSPS) is 11.7. The molecule has 150 valence electrons. The van der Waals surface area contributed by atoms with Crippen LogP contribution >= 0.6 is 11.6 Å². The molecule has 0 aliphatic rings. The van der Waals surface area contributed by atoms with E-state index >= 15 is 0 Å². The number of halogens is 1. The Kier molecular flexibility index (Phi) is 7.28. The van der Waals surface area contributed by atoms with E-state index < -0.39 is 6.10 Å². The Morgan fingerprint density at radius 2 is 1.79 bits per heavy atom. The molecule has 0 aromatic heterocycles. The zero-order valence-corrected chi connectivity index (χ0v) is 17.0. The van der Waals surface area contributed by atoms with E-state index in [4.69, 9.17) is 16.3 Å². The van der Waals surface area contributed by atoms with Crippen molar-refractivity contribution in [3.05, 3.63) is 94.5 Å². The topological polar surface area (TPSA) is 58.6 Å². The van der Waals surface area contributed by atoms with Crippen molar-refractivity contribution < 1.29 is 14.6 Å². The zero-order valence-electron chi connectivity index (χ0n) is 16.3.